The van der Waals surface area contributed by atoms with Gasteiger partial charge in [0.2, 0.25) is 0 Å². The van der Waals surface area contributed by atoms with Crippen molar-refractivity contribution in [2.75, 3.05) is 6.61 Å². The van der Waals surface area contributed by atoms with Crippen LogP contribution in [0.4, 0.5) is 0 Å². The molecule has 0 spiro atoms. The zero-order valence-corrected chi connectivity index (χ0v) is 7.22. The summed E-state index contributed by atoms with van der Waals surface area (Å²) in [7, 11) is 1.72. The molecule has 0 N–H and O–H groups in total. The first-order valence-electron chi connectivity index (χ1n) is 4.59. The Balaban J connectivity index is 1.79. The van der Waals surface area contributed by atoms with E-state index in [0.29, 0.717) is 12.6 Å². The van der Waals surface area contributed by atoms with Crippen LogP contribution in [0, 0.1) is 0 Å². The van der Waals surface area contributed by atoms with Crippen molar-refractivity contribution in [1.82, 2.24) is 9.78 Å². The Bertz CT molecular complexity index is 305. The molecule has 13 heavy (non-hydrogen) atoms. The average molecular weight is 177 g/mol. The fraction of sp³-hybridized carbons (Fsp3) is 0.625. The summed E-state index contributed by atoms with van der Waals surface area (Å²) in [5, 5.41) is 4.31. The lowest BCUT2D eigenvalue weighted by Crippen LogP contribution is -2.03. The van der Waals surface area contributed by atoms with Crippen LogP contribution in [0.2, 0.25) is 0 Å². The molecule has 1 aliphatic carbocycles. The standard InChI is InChI=1S/C8H10BN2O2/c1-2-7(1)11-4-6(3-10-11)8-5-12-13-9-8/h3-4,7-8H,1-2,5H2. The summed E-state index contributed by atoms with van der Waals surface area (Å²) in [4.78, 5) is 9.54. The fourth-order valence-electron chi connectivity index (χ4n) is 1.52. The first-order valence-corrected chi connectivity index (χ1v) is 4.59. The molecule has 1 atom stereocenters. The highest BCUT2D eigenvalue weighted by Crippen LogP contribution is 2.34. The third-order valence-corrected chi connectivity index (χ3v) is 2.51. The molecule has 2 fully saturated rings. The van der Waals surface area contributed by atoms with Crippen LogP contribution in [0.3, 0.4) is 0 Å². The fourth-order valence-corrected chi connectivity index (χ4v) is 1.52. The van der Waals surface area contributed by atoms with Crippen molar-refractivity contribution in [2.24, 2.45) is 0 Å². The predicted molar refractivity (Wildman–Crippen MR) is 46.0 cm³/mol. The van der Waals surface area contributed by atoms with Crippen molar-refractivity contribution in [3.8, 4) is 0 Å². The highest BCUT2D eigenvalue weighted by molar-refractivity contribution is 6.30. The quantitative estimate of drug-likeness (QED) is 0.496. The summed E-state index contributed by atoms with van der Waals surface area (Å²) in [5.41, 5.74) is 1.18. The van der Waals surface area contributed by atoms with Crippen LogP contribution in [-0.2, 0) is 9.69 Å². The Kier molecular flexibility index (Phi) is 1.66. The van der Waals surface area contributed by atoms with Crippen LogP contribution in [0.1, 0.15) is 30.3 Å². The predicted octanol–water partition coefficient (Wildman–Crippen LogP) is 0.840. The molecule has 3 rings (SSSR count). The van der Waals surface area contributed by atoms with Gasteiger partial charge in [0.1, 0.15) is 0 Å². The van der Waals surface area contributed by atoms with E-state index in [1.807, 2.05) is 10.9 Å². The van der Waals surface area contributed by atoms with Crippen molar-refractivity contribution in [3.63, 3.8) is 0 Å². The van der Waals surface area contributed by atoms with E-state index in [0.717, 1.165) is 0 Å². The largest absolute Gasteiger partial charge is 0.354 e. The van der Waals surface area contributed by atoms with E-state index in [9.17, 15) is 0 Å². The molecule has 1 aromatic rings. The number of aromatic nitrogens is 2. The molecular weight excluding hydrogens is 167 g/mol. The van der Waals surface area contributed by atoms with E-state index in [4.69, 9.17) is 9.69 Å². The number of hydrogen-bond acceptors (Lipinski definition) is 3. The molecule has 1 saturated heterocycles. The lowest BCUT2D eigenvalue weighted by atomic mass is 9.78. The molecular formula is C8H10BN2O2. The minimum absolute atomic E-state index is 0.257. The van der Waals surface area contributed by atoms with Crippen molar-refractivity contribution < 1.29 is 9.69 Å². The Labute approximate surface area is 77.0 Å². The van der Waals surface area contributed by atoms with E-state index in [1.54, 1.807) is 7.48 Å². The first kappa shape index (κ1) is 7.59. The van der Waals surface area contributed by atoms with Crippen LogP contribution in [-0.4, -0.2) is 23.9 Å². The molecule has 2 aliphatic rings. The van der Waals surface area contributed by atoms with E-state index >= 15 is 0 Å². The summed E-state index contributed by atoms with van der Waals surface area (Å²) in [6, 6.07) is 0.650. The summed E-state index contributed by atoms with van der Waals surface area (Å²) in [5.74, 6) is 0.257. The average Bonchev–Trinajstić information content (AvgIpc) is 2.72. The Morgan fingerprint density at radius 1 is 1.54 bits per heavy atom. The van der Waals surface area contributed by atoms with Crippen LogP contribution in [0.25, 0.3) is 0 Å². The molecule has 2 heterocycles. The van der Waals surface area contributed by atoms with Crippen molar-refractivity contribution in [3.05, 3.63) is 18.0 Å². The first-order chi connectivity index (χ1) is 6.43. The molecule has 67 valence electrons. The molecule has 4 nitrogen and oxygen atoms in total. The highest BCUT2D eigenvalue weighted by Gasteiger charge is 2.27. The minimum Gasteiger partial charge on any atom is -0.310 e. The zero-order valence-electron chi connectivity index (χ0n) is 7.22. The van der Waals surface area contributed by atoms with Gasteiger partial charge in [0.05, 0.1) is 18.8 Å². The Morgan fingerprint density at radius 3 is 3.15 bits per heavy atom. The van der Waals surface area contributed by atoms with Gasteiger partial charge in [0, 0.05) is 12.0 Å². The van der Waals surface area contributed by atoms with Gasteiger partial charge >= 0.3 is 7.48 Å². The van der Waals surface area contributed by atoms with Crippen LogP contribution >= 0.6 is 0 Å². The molecule has 5 heteroatoms. The van der Waals surface area contributed by atoms with E-state index < -0.39 is 0 Å². The number of hydrogen-bond donors (Lipinski definition) is 0. The van der Waals surface area contributed by atoms with Gasteiger partial charge in [0.15, 0.2) is 0 Å². The highest BCUT2D eigenvalue weighted by atomic mass is 17.2. The second-order valence-electron chi connectivity index (χ2n) is 3.61. The van der Waals surface area contributed by atoms with Gasteiger partial charge in [-0.15, -0.1) is 0 Å². The van der Waals surface area contributed by atoms with Gasteiger partial charge in [0.25, 0.3) is 0 Å². The SMILES string of the molecule is [B]1OOCC1c1cnn(C2CC2)c1. The van der Waals surface area contributed by atoms with E-state index in [-0.39, 0.29) is 5.82 Å². The lowest BCUT2D eigenvalue weighted by molar-refractivity contribution is -0.183. The third kappa shape index (κ3) is 1.38. The summed E-state index contributed by atoms with van der Waals surface area (Å²) >= 11 is 0. The Morgan fingerprint density at radius 2 is 2.46 bits per heavy atom. The molecule has 1 radical (unpaired) electrons. The summed E-state index contributed by atoms with van der Waals surface area (Å²) in [6.45, 7) is 0.608. The molecule has 0 amide bonds. The minimum atomic E-state index is 0.257. The molecule has 1 unspecified atom stereocenters. The van der Waals surface area contributed by atoms with Gasteiger partial charge in [-0.05, 0) is 18.4 Å². The van der Waals surface area contributed by atoms with Crippen LogP contribution in [0.5, 0.6) is 0 Å². The van der Waals surface area contributed by atoms with Gasteiger partial charge in [-0.1, -0.05) is 0 Å². The number of rotatable bonds is 2. The van der Waals surface area contributed by atoms with Gasteiger partial charge < -0.3 is 4.81 Å². The monoisotopic (exact) mass is 177 g/mol. The topological polar surface area (TPSA) is 36.3 Å². The second-order valence-corrected chi connectivity index (χ2v) is 3.61. The lowest BCUT2D eigenvalue weighted by Gasteiger charge is -1.98. The van der Waals surface area contributed by atoms with Crippen molar-refractivity contribution in [1.29, 1.82) is 0 Å². The molecule has 0 aromatic carbocycles. The van der Waals surface area contributed by atoms with Crippen LogP contribution in [0.15, 0.2) is 12.4 Å². The smallest absolute Gasteiger partial charge is 0.310 e. The second kappa shape index (κ2) is 2.85. The summed E-state index contributed by atoms with van der Waals surface area (Å²) < 4.78 is 2.04. The molecule has 1 aromatic heterocycles. The van der Waals surface area contributed by atoms with Crippen molar-refractivity contribution >= 4 is 7.48 Å². The van der Waals surface area contributed by atoms with E-state index in [2.05, 4.69) is 11.3 Å². The maximum Gasteiger partial charge on any atom is 0.354 e. The third-order valence-electron chi connectivity index (χ3n) is 2.51. The van der Waals surface area contributed by atoms with Gasteiger partial charge in [-0.2, -0.15) is 5.10 Å². The molecule has 1 aliphatic heterocycles. The van der Waals surface area contributed by atoms with Gasteiger partial charge in [-0.25, -0.2) is 0 Å². The van der Waals surface area contributed by atoms with Crippen LogP contribution < -0.4 is 0 Å². The van der Waals surface area contributed by atoms with Crippen molar-refractivity contribution in [2.45, 2.75) is 24.7 Å². The van der Waals surface area contributed by atoms with Gasteiger partial charge in [-0.3, -0.25) is 9.57 Å². The summed E-state index contributed by atoms with van der Waals surface area (Å²) in [6.07, 6.45) is 6.53. The maximum atomic E-state index is 4.80. The normalized spacial score (nSPS) is 27.5. The zero-order chi connectivity index (χ0) is 8.67. The molecule has 0 bridgehead atoms. The van der Waals surface area contributed by atoms with E-state index in [1.165, 1.54) is 18.4 Å². The Hall–Kier alpha value is -0.805. The maximum absolute atomic E-state index is 4.80. The molecule has 1 saturated carbocycles. The number of nitrogens with zero attached hydrogens (tertiary/aromatic N) is 2.